The Labute approximate surface area is 135 Å². The third-order valence-corrected chi connectivity index (χ3v) is 3.08. The van der Waals surface area contributed by atoms with E-state index in [2.05, 4.69) is 20.6 Å². The summed E-state index contributed by atoms with van der Waals surface area (Å²) in [6.45, 7) is 3.97. The van der Waals surface area contributed by atoms with Crippen LogP contribution in [0.15, 0.2) is 24.4 Å². The van der Waals surface area contributed by atoms with Gasteiger partial charge in [0.2, 0.25) is 0 Å². The van der Waals surface area contributed by atoms with E-state index in [4.69, 9.17) is 4.74 Å². The van der Waals surface area contributed by atoms with Gasteiger partial charge in [-0.05, 0) is 37.1 Å². The molecule has 0 atom stereocenters. The quantitative estimate of drug-likeness (QED) is 0.907. The van der Waals surface area contributed by atoms with E-state index in [9.17, 15) is 4.79 Å². The number of hydrogen-bond donors (Lipinski definition) is 2. The number of aromatic nitrogens is 2. The fraction of sp³-hybridized carbons (Fsp3) is 0.312. The molecular formula is C16H21N5O2. The van der Waals surface area contributed by atoms with Crippen molar-refractivity contribution in [3.63, 3.8) is 0 Å². The third-order valence-electron chi connectivity index (χ3n) is 3.08. The van der Waals surface area contributed by atoms with Crippen LogP contribution in [0.4, 0.5) is 22.0 Å². The number of rotatable bonds is 4. The number of carbonyl (C=O) groups is 1. The molecule has 1 aromatic heterocycles. The summed E-state index contributed by atoms with van der Waals surface area (Å²) in [6, 6.07) is 5.75. The number of amides is 2. The molecule has 0 aliphatic rings. The van der Waals surface area contributed by atoms with Crippen molar-refractivity contribution in [3.8, 4) is 6.01 Å². The van der Waals surface area contributed by atoms with Crippen LogP contribution in [-0.4, -0.2) is 37.2 Å². The van der Waals surface area contributed by atoms with Crippen LogP contribution in [0.25, 0.3) is 0 Å². The molecule has 23 heavy (non-hydrogen) atoms. The topological polar surface area (TPSA) is 79.4 Å². The lowest BCUT2D eigenvalue weighted by molar-refractivity contribution is 0.262. The van der Waals surface area contributed by atoms with Crippen LogP contribution in [0.2, 0.25) is 0 Å². The summed E-state index contributed by atoms with van der Waals surface area (Å²) in [7, 11) is 5.15. The summed E-state index contributed by atoms with van der Waals surface area (Å²) < 4.78 is 5.01. The zero-order chi connectivity index (χ0) is 17.0. The number of ether oxygens (including phenoxy) is 1. The number of anilines is 3. The average Bonchev–Trinajstić information content (AvgIpc) is 2.46. The van der Waals surface area contributed by atoms with Gasteiger partial charge in [0, 0.05) is 19.8 Å². The molecule has 1 heterocycles. The number of carbonyl (C=O) groups excluding carboxylic acids is 1. The normalized spacial score (nSPS) is 10.1. The van der Waals surface area contributed by atoms with Crippen LogP contribution >= 0.6 is 0 Å². The van der Waals surface area contributed by atoms with Gasteiger partial charge in [-0.15, -0.1) is 0 Å². The summed E-state index contributed by atoms with van der Waals surface area (Å²) >= 11 is 0. The fourth-order valence-corrected chi connectivity index (χ4v) is 2.22. The minimum atomic E-state index is -0.355. The standard InChI is InChI=1S/C16H21N5O2/c1-10-6-11(2)8-12(7-10)18-15(22)19-13-9-17-16(23-5)20-14(13)21(3)4/h6-9H,1-5H3,(H2,18,19,22). The second kappa shape index (κ2) is 6.95. The molecule has 2 N–H and O–H groups in total. The van der Waals surface area contributed by atoms with Gasteiger partial charge in [0.15, 0.2) is 5.82 Å². The SMILES string of the molecule is COc1ncc(NC(=O)Nc2cc(C)cc(C)c2)c(N(C)C)n1. The first kappa shape index (κ1) is 16.5. The van der Waals surface area contributed by atoms with Crippen molar-refractivity contribution in [2.45, 2.75) is 13.8 Å². The van der Waals surface area contributed by atoms with Gasteiger partial charge >= 0.3 is 12.0 Å². The lowest BCUT2D eigenvalue weighted by Gasteiger charge is -2.17. The summed E-state index contributed by atoms with van der Waals surface area (Å²) in [6.07, 6.45) is 1.52. The highest BCUT2D eigenvalue weighted by atomic mass is 16.5. The molecule has 0 radical (unpaired) electrons. The van der Waals surface area contributed by atoms with E-state index in [1.54, 1.807) is 4.90 Å². The molecule has 0 spiro atoms. The molecule has 2 aromatic rings. The van der Waals surface area contributed by atoms with Gasteiger partial charge in [-0.1, -0.05) is 6.07 Å². The van der Waals surface area contributed by atoms with Crippen LogP contribution < -0.4 is 20.3 Å². The lowest BCUT2D eigenvalue weighted by Crippen LogP contribution is -2.22. The van der Waals surface area contributed by atoms with Gasteiger partial charge in [-0.2, -0.15) is 4.98 Å². The van der Waals surface area contributed by atoms with Gasteiger partial charge in [-0.25, -0.2) is 9.78 Å². The molecule has 0 unspecified atom stereocenters. The Hall–Kier alpha value is -2.83. The van der Waals surface area contributed by atoms with Gasteiger partial charge < -0.3 is 20.3 Å². The first-order valence-corrected chi connectivity index (χ1v) is 7.13. The molecule has 0 fully saturated rings. The summed E-state index contributed by atoms with van der Waals surface area (Å²) in [5.41, 5.74) is 3.41. The van der Waals surface area contributed by atoms with E-state index in [-0.39, 0.29) is 12.0 Å². The highest BCUT2D eigenvalue weighted by molar-refractivity contribution is 6.01. The van der Waals surface area contributed by atoms with Crippen LogP contribution in [-0.2, 0) is 0 Å². The summed E-state index contributed by atoms with van der Waals surface area (Å²) in [5.74, 6) is 0.562. The number of urea groups is 1. The van der Waals surface area contributed by atoms with Gasteiger partial charge in [0.1, 0.15) is 5.69 Å². The number of hydrogen-bond acceptors (Lipinski definition) is 5. The maximum absolute atomic E-state index is 12.2. The Morgan fingerprint density at radius 2 is 1.78 bits per heavy atom. The summed E-state index contributed by atoms with van der Waals surface area (Å²) in [4.78, 5) is 22.2. The molecule has 2 rings (SSSR count). The molecule has 0 saturated heterocycles. The minimum absolute atomic E-state index is 0.244. The maximum Gasteiger partial charge on any atom is 0.323 e. The smallest absolute Gasteiger partial charge is 0.323 e. The highest BCUT2D eigenvalue weighted by Crippen LogP contribution is 2.23. The Kier molecular flexibility index (Phi) is 5.00. The van der Waals surface area contributed by atoms with Gasteiger partial charge in [0.25, 0.3) is 0 Å². The molecule has 122 valence electrons. The Balaban J connectivity index is 2.16. The predicted molar refractivity (Wildman–Crippen MR) is 91.5 cm³/mol. The molecule has 0 bridgehead atoms. The molecule has 7 nitrogen and oxygen atoms in total. The molecule has 0 aliphatic carbocycles. The van der Waals surface area contributed by atoms with Crippen molar-refractivity contribution in [2.75, 3.05) is 36.7 Å². The molecular weight excluding hydrogens is 294 g/mol. The second-order valence-corrected chi connectivity index (χ2v) is 5.44. The maximum atomic E-state index is 12.2. The van der Waals surface area contributed by atoms with Crippen molar-refractivity contribution in [1.82, 2.24) is 9.97 Å². The van der Waals surface area contributed by atoms with Crippen LogP contribution in [0.3, 0.4) is 0 Å². The summed E-state index contributed by atoms with van der Waals surface area (Å²) in [5, 5.41) is 5.57. The molecule has 7 heteroatoms. The second-order valence-electron chi connectivity index (χ2n) is 5.44. The van der Waals surface area contributed by atoms with Gasteiger partial charge in [0.05, 0.1) is 13.3 Å². The lowest BCUT2D eigenvalue weighted by atomic mass is 10.1. The monoisotopic (exact) mass is 315 g/mol. The molecule has 0 saturated carbocycles. The number of aryl methyl sites for hydroxylation is 2. The van der Waals surface area contributed by atoms with Crippen molar-refractivity contribution in [2.24, 2.45) is 0 Å². The van der Waals surface area contributed by atoms with Gasteiger partial charge in [-0.3, -0.25) is 0 Å². The van der Waals surface area contributed by atoms with Crippen molar-refractivity contribution < 1.29 is 9.53 Å². The highest BCUT2D eigenvalue weighted by Gasteiger charge is 2.12. The van der Waals surface area contributed by atoms with Crippen molar-refractivity contribution >= 4 is 23.2 Å². The first-order valence-electron chi connectivity index (χ1n) is 7.13. The average molecular weight is 315 g/mol. The van der Waals surface area contributed by atoms with E-state index in [0.29, 0.717) is 11.5 Å². The first-order chi connectivity index (χ1) is 10.9. The largest absolute Gasteiger partial charge is 0.467 e. The number of nitrogens with zero attached hydrogens (tertiary/aromatic N) is 3. The van der Waals surface area contributed by atoms with Crippen LogP contribution in [0, 0.1) is 13.8 Å². The van der Waals surface area contributed by atoms with E-state index < -0.39 is 0 Å². The third kappa shape index (κ3) is 4.32. The van der Waals surface area contributed by atoms with Crippen molar-refractivity contribution in [1.29, 1.82) is 0 Å². The fourth-order valence-electron chi connectivity index (χ4n) is 2.22. The minimum Gasteiger partial charge on any atom is -0.467 e. The van der Waals surface area contributed by atoms with Crippen molar-refractivity contribution in [3.05, 3.63) is 35.5 Å². The number of benzene rings is 1. The molecule has 1 aromatic carbocycles. The van der Waals surface area contributed by atoms with Crippen LogP contribution in [0.1, 0.15) is 11.1 Å². The molecule has 0 aliphatic heterocycles. The van der Waals surface area contributed by atoms with Crippen LogP contribution in [0.5, 0.6) is 6.01 Å². The van der Waals surface area contributed by atoms with E-state index in [1.165, 1.54) is 13.3 Å². The number of methoxy groups -OCH3 is 1. The Bertz CT molecular complexity index is 695. The zero-order valence-corrected chi connectivity index (χ0v) is 14.0. The van der Waals surface area contributed by atoms with E-state index in [1.807, 2.05) is 46.1 Å². The Morgan fingerprint density at radius 1 is 1.13 bits per heavy atom. The molecule has 2 amide bonds. The zero-order valence-electron chi connectivity index (χ0n) is 14.0. The Morgan fingerprint density at radius 3 is 2.35 bits per heavy atom. The predicted octanol–water partition coefficient (Wildman–Crippen LogP) is 2.81. The van der Waals surface area contributed by atoms with E-state index in [0.717, 1.165) is 16.8 Å². The number of nitrogens with one attached hydrogen (secondary N) is 2. The van der Waals surface area contributed by atoms with E-state index >= 15 is 0 Å².